The maximum atomic E-state index is 12.8. The minimum Gasteiger partial charge on any atom is -0.461 e. The largest absolute Gasteiger partial charge is 0.461 e. The second kappa shape index (κ2) is 8.65. The van der Waals surface area contributed by atoms with Gasteiger partial charge in [-0.2, -0.15) is 8.42 Å². The van der Waals surface area contributed by atoms with Crippen molar-refractivity contribution < 1.29 is 32.0 Å². The summed E-state index contributed by atoms with van der Waals surface area (Å²) < 4.78 is 44.8. The lowest BCUT2D eigenvalue weighted by Crippen LogP contribution is -2.48. The molecule has 0 saturated heterocycles. The molecule has 5 atom stereocenters. The lowest BCUT2D eigenvalue weighted by molar-refractivity contribution is -0.172. The SMILES string of the molecule is CC1CC2CC(C1)CC(OC(=O)C(C(=O)OC1(C)CC3CCCC(C3)C1)S(=O)(=O)O)C2. The maximum Gasteiger partial charge on any atom is 0.339 e. The molecule has 0 aromatic heterocycles. The van der Waals surface area contributed by atoms with E-state index in [1.807, 2.05) is 6.92 Å². The molecule has 31 heavy (non-hydrogen) atoms. The minimum absolute atomic E-state index is 0.412. The topological polar surface area (TPSA) is 107 Å². The summed E-state index contributed by atoms with van der Waals surface area (Å²) in [6.45, 7) is 4.04. The molecule has 7 nitrogen and oxygen atoms in total. The van der Waals surface area contributed by atoms with E-state index in [1.54, 1.807) is 0 Å². The van der Waals surface area contributed by atoms with E-state index in [0.717, 1.165) is 38.5 Å². The molecule has 0 heterocycles. The fourth-order valence-electron chi connectivity index (χ4n) is 7.24. The number of carbonyl (C=O) groups is 2. The molecule has 176 valence electrons. The summed E-state index contributed by atoms with van der Waals surface area (Å²) in [6.07, 6.45) is 9.98. The van der Waals surface area contributed by atoms with Crippen LogP contribution >= 0.6 is 0 Å². The molecule has 4 bridgehead atoms. The van der Waals surface area contributed by atoms with Crippen molar-refractivity contribution in [3.63, 3.8) is 0 Å². The first-order valence-corrected chi connectivity index (χ1v) is 13.4. The molecule has 0 spiro atoms. The van der Waals surface area contributed by atoms with Gasteiger partial charge in [0.1, 0.15) is 11.7 Å². The number of esters is 2. The average molecular weight is 457 g/mol. The summed E-state index contributed by atoms with van der Waals surface area (Å²) in [7, 11) is -4.99. The van der Waals surface area contributed by atoms with Crippen LogP contribution in [0.5, 0.6) is 0 Å². The van der Waals surface area contributed by atoms with E-state index in [4.69, 9.17) is 9.47 Å². The third-order valence-electron chi connectivity index (χ3n) is 8.02. The van der Waals surface area contributed by atoms with E-state index >= 15 is 0 Å². The number of ether oxygens (including phenoxy) is 2. The molecule has 4 saturated carbocycles. The Bertz CT molecular complexity index is 777. The Kier molecular flexibility index (Phi) is 6.43. The van der Waals surface area contributed by atoms with E-state index in [2.05, 4.69) is 6.92 Å². The van der Waals surface area contributed by atoms with Crippen LogP contribution in [0.25, 0.3) is 0 Å². The van der Waals surface area contributed by atoms with Crippen molar-refractivity contribution in [2.45, 2.75) is 101 Å². The van der Waals surface area contributed by atoms with E-state index in [9.17, 15) is 22.6 Å². The van der Waals surface area contributed by atoms with Crippen LogP contribution < -0.4 is 0 Å². The number of carbonyl (C=O) groups excluding carboxylic acids is 2. The van der Waals surface area contributed by atoms with Crippen LogP contribution in [0.1, 0.15) is 84.5 Å². The predicted molar refractivity (Wildman–Crippen MR) is 114 cm³/mol. The summed E-state index contributed by atoms with van der Waals surface area (Å²) in [6, 6.07) is 0. The lowest BCUT2D eigenvalue weighted by Gasteiger charge is -2.45. The minimum atomic E-state index is -4.99. The standard InChI is InChI=1S/C23H36O7S/c1-14-6-17-9-18(7-14)11-19(10-17)29-21(24)20(31(26,27)28)22(25)30-23(2)12-15-4-3-5-16(8-15)13-23/h14-20H,3-13H2,1-2H3,(H,26,27,28). The maximum absolute atomic E-state index is 12.8. The molecule has 5 unspecified atom stereocenters. The number of fused-ring (bicyclic) bond motifs is 4. The first kappa shape index (κ1) is 23.0. The Morgan fingerprint density at radius 2 is 1.45 bits per heavy atom. The molecule has 4 fully saturated rings. The molecule has 8 heteroatoms. The van der Waals surface area contributed by atoms with Gasteiger partial charge in [-0.15, -0.1) is 0 Å². The highest BCUT2D eigenvalue weighted by Crippen LogP contribution is 2.46. The second-order valence-electron chi connectivity index (χ2n) is 11.1. The van der Waals surface area contributed by atoms with E-state index in [-0.39, 0.29) is 0 Å². The molecule has 4 aliphatic carbocycles. The van der Waals surface area contributed by atoms with Gasteiger partial charge >= 0.3 is 11.9 Å². The fourth-order valence-corrected chi connectivity index (χ4v) is 7.83. The highest BCUT2D eigenvalue weighted by atomic mass is 32.2. The van der Waals surface area contributed by atoms with Gasteiger partial charge in [-0.1, -0.05) is 26.2 Å². The predicted octanol–water partition coefficient (Wildman–Crippen LogP) is 3.90. The van der Waals surface area contributed by atoms with Crippen molar-refractivity contribution in [3.8, 4) is 0 Å². The summed E-state index contributed by atoms with van der Waals surface area (Å²) in [4.78, 5) is 25.6. The first-order valence-electron chi connectivity index (χ1n) is 11.9. The zero-order valence-electron chi connectivity index (χ0n) is 18.6. The molecular formula is C23H36O7S. The summed E-state index contributed by atoms with van der Waals surface area (Å²) in [5.74, 6) is 0.0475. The van der Waals surface area contributed by atoms with Crippen molar-refractivity contribution in [1.29, 1.82) is 0 Å². The van der Waals surface area contributed by atoms with Gasteiger partial charge in [-0.3, -0.25) is 4.55 Å². The van der Waals surface area contributed by atoms with Gasteiger partial charge in [0.2, 0.25) is 0 Å². The Morgan fingerprint density at radius 1 is 0.903 bits per heavy atom. The van der Waals surface area contributed by atoms with Crippen molar-refractivity contribution in [2.24, 2.45) is 29.6 Å². The molecule has 0 aliphatic heterocycles. The lowest BCUT2D eigenvalue weighted by atomic mass is 9.66. The Hall–Kier alpha value is -1.15. The summed E-state index contributed by atoms with van der Waals surface area (Å²) in [5, 5.41) is -2.33. The number of hydrogen-bond acceptors (Lipinski definition) is 6. The normalized spacial score (nSPS) is 41.1. The van der Waals surface area contributed by atoms with Crippen molar-refractivity contribution in [2.75, 3.05) is 0 Å². The van der Waals surface area contributed by atoms with Gasteiger partial charge in [0.15, 0.2) is 0 Å². The van der Waals surface area contributed by atoms with E-state index < -0.39 is 39.0 Å². The number of rotatable bonds is 5. The second-order valence-corrected chi connectivity index (χ2v) is 12.6. The average Bonchev–Trinajstić information content (AvgIpc) is 2.58. The van der Waals surface area contributed by atoms with Crippen LogP contribution in [-0.2, 0) is 29.2 Å². The highest BCUT2D eigenvalue weighted by Gasteiger charge is 2.48. The smallest absolute Gasteiger partial charge is 0.339 e. The molecule has 0 aromatic carbocycles. The van der Waals surface area contributed by atoms with Crippen molar-refractivity contribution in [1.82, 2.24) is 0 Å². The van der Waals surface area contributed by atoms with Crippen LogP contribution in [0.15, 0.2) is 0 Å². The summed E-state index contributed by atoms with van der Waals surface area (Å²) in [5.41, 5.74) is -0.813. The van der Waals surface area contributed by atoms with Crippen LogP contribution in [0.2, 0.25) is 0 Å². The monoisotopic (exact) mass is 456 g/mol. The van der Waals surface area contributed by atoms with Crippen LogP contribution in [0.3, 0.4) is 0 Å². The van der Waals surface area contributed by atoms with Crippen LogP contribution in [0.4, 0.5) is 0 Å². The van der Waals surface area contributed by atoms with Gasteiger partial charge in [0.25, 0.3) is 15.4 Å². The molecule has 0 aromatic rings. The molecule has 0 radical (unpaired) electrons. The van der Waals surface area contributed by atoms with Gasteiger partial charge in [-0.05, 0) is 87.9 Å². The first-order chi connectivity index (χ1) is 14.5. The number of hydrogen-bond donors (Lipinski definition) is 1. The highest BCUT2D eigenvalue weighted by molar-refractivity contribution is 7.88. The van der Waals surface area contributed by atoms with Crippen LogP contribution in [0, 0.1) is 29.6 Å². The van der Waals surface area contributed by atoms with Gasteiger partial charge in [0.05, 0.1) is 0 Å². The van der Waals surface area contributed by atoms with E-state index in [1.165, 1.54) is 6.42 Å². The van der Waals surface area contributed by atoms with Crippen molar-refractivity contribution >= 4 is 22.1 Å². The summed E-state index contributed by atoms with van der Waals surface area (Å²) >= 11 is 0. The van der Waals surface area contributed by atoms with Crippen molar-refractivity contribution in [3.05, 3.63) is 0 Å². The third-order valence-corrected chi connectivity index (χ3v) is 9.00. The van der Waals surface area contributed by atoms with Gasteiger partial charge in [0, 0.05) is 0 Å². The zero-order chi connectivity index (χ0) is 22.4. The fraction of sp³-hybridized carbons (Fsp3) is 0.913. The Labute approximate surface area is 185 Å². The van der Waals surface area contributed by atoms with Gasteiger partial charge < -0.3 is 9.47 Å². The van der Waals surface area contributed by atoms with Gasteiger partial charge in [-0.25, -0.2) is 9.59 Å². The Balaban J connectivity index is 1.42. The zero-order valence-corrected chi connectivity index (χ0v) is 19.4. The Morgan fingerprint density at radius 3 is 2.00 bits per heavy atom. The van der Waals surface area contributed by atoms with E-state index in [0.29, 0.717) is 55.3 Å². The molecule has 0 amide bonds. The quantitative estimate of drug-likeness (QED) is 0.380. The van der Waals surface area contributed by atoms with Crippen LogP contribution in [-0.4, -0.2) is 41.9 Å². The molecular weight excluding hydrogens is 420 g/mol. The molecule has 4 rings (SSSR count). The molecule has 4 aliphatic rings. The third kappa shape index (κ3) is 5.44. The molecule has 1 N–H and O–H groups in total.